The molecule has 8 heteroatoms. The van der Waals surface area contributed by atoms with Crippen LogP contribution in [0.15, 0.2) is 36.4 Å². The number of ether oxygens (including phenoxy) is 3. The number of hydrogen-bond donors (Lipinski definition) is 0. The van der Waals surface area contributed by atoms with Crippen molar-refractivity contribution in [3.63, 3.8) is 0 Å². The van der Waals surface area contributed by atoms with Crippen LogP contribution in [0, 0.1) is 0 Å². The third-order valence-electron chi connectivity index (χ3n) is 5.52. The van der Waals surface area contributed by atoms with Crippen molar-refractivity contribution in [3.05, 3.63) is 47.0 Å². The van der Waals surface area contributed by atoms with Gasteiger partial charge in [-0.3, -0.25) is 14.5 Å². The van der Waals surface area contributed by atoms with Crippen molar-refractivity contribution in [3.8, 4) is 17.2 Å². The lowest BCUT2D eigenvalue weighted by atomic mass is 10.0. The van der Waals surface area contributed by atoms with Crippen molar-refractivity contribution in [2.45, 2.75) is 18.9 Å². The van der Waals surface area contributed by atoms with Gasteiger partial charge in [0.25, 0.3) is 5.91 Å². The van der Waals surface area contributed by atoms with Crippen LogP contribution in [-0.2, 0) is 9.59 Å². The van der Waals surface area contributed by atoms with E-state index in [0.29, 0.717) is 34.5 Å². The molecule has 2 amide bonds. The van der Waals surface area contributed by atoms with Gasteiger partial charge < -0.3 is 19.1 Å². The molecule has 30 heavy (non-hydrogen) atoms. The average molecular weight is 431 g/mol. The summed E-state index contributed by atoms with van der Waals surface area (Å²) in [6, 6.07) is 10.7. The molecular weight excluding hydrogens is 408 g/mol. The second-order valence-corrected chi connectivity index (χ2v) is 7.68. The second kappa shape index (κ2) is 8.44. The van der Waals surface area contributed by atoms with Gasteiger partial charge in [-0.25, -0.2) is 0 Å². The molecule has 0 bridgehead atoms. The van der Waals surface area contributed by atoms with Crippen LogP contribution in [0.1, 0.15) is 24.4 Å². The zero-order chi connectivity index (χ0) is 21.3. The van der Waals surface area contributed by atoms with E-state index in [-0.39, 0.29) is 31.0 Å². The molecule has 1 fully saturated rings. The largest absolute Gasteiger partial charge is 0.493 e. The van der Waals surface area contributed by atoms with Crippen LogP contribution in [0.2, 0.25) is 5.02 Å². The third kappa shape index (κ3) is 3.77. The molecule has 0 N–H and O–H groups in total. The molecule has 1 saturated heterocycles. The summed E-state index contributed by atoms with van der Waals surface area (Å²) in [4.78, 5) is 29.0. The minimum Gasteiger partial charge on any atom is -0.493 e. The number of anilines is 1. The van der Waals surface area contributed by atoms with Crippen molar-refractivity contribution >= 4 is 29.1 Å². The summed E-state index contributed by atoms with van der Waals surface area (Å²) in [6.07, 6.45) is 1.74. The highest BCUT2D eigenvalue weighted by atomic mass is 35.5. The molecule has 7 nitrogen and oxygen atoms in total. The number of carbonyl (C=O) groups excluding carboxylic acids is 2. The number of hydrogen-bond acceptors (Lipinski definition) is 5. The molecule has 0 saturated carbocycles. The Hall–Kier alpha value is -2.93. The zero-order valence-corrected chi connectivity index (χ0v) is 17.6. The fourth-order valence-corrected chi connectivity index (χ4v) is 4.21. The lowest BCUT2D eigenvalue weighted by molar-refractivity contribution is -0.132. The first-order valence-electron chi connectivity index (χ1n) is 9.76. The van der Waals surface area contributed by atoms with E-state index in [9.17, 15) is 9.59 Å². The first-order chi connectivity index (χ1) is 14.5. The summed E-state index contributed by atoms with van der Waals surface area (Å²) in [5.41, 5.74) is 1.50. The summed E-state index contributed by atoms with van der Waals surface area (Å²) >= 11 is 6.10. The van der Waals surface area contributed by atoms with Gasteiger partial charge in [-0.1, -0.05) is 17.7 Å². The minimum atomic E-state index is -0.264. The molecule has 0 aromatic heterocycles. The SMILES string of the molecule is COc1ccc([C@H]2CCCN2C(=O)CN2C(=O)COc3ccc(Cl)cc32)cc1OC. The van der Waals surface area contributed by atoms with Crippen LogP contribution in [-0.4, -0.2) is 50.6 Å². The molecule has 0 unspecified atom stereocenters. The van der Waals surface area contributed by atoms with Crippen molar-refractivity contribution in [2.24, 2.45) is 0 Å². The van der Waals surface area contributed by atoms with Gasteiger partial charge in [0.2, 0.25) is 5.91 Å². The van der Waals surface area contributed by atoms with Gasteiger partial charge in [-0.05, 0) is 48.7 Å². The van der Waals surface area contributed by atoms with E-state index >= 15 is 0 Å². The van der Waals surface area contributed by atoms with Gasteiger partial charge in [0.15, 0.2) is 18.1 Å². The summed E-state index contributed by atoms with van der Waals surface area (Å²) in [5.74, 6) is 1.43. The Morgan fingerprint density at radius 3 is 2.73 bits per heavy atom. The van der Waals surface area contributed by atoms with Gasteiger partial charge in [-0.2, -0.15) is 0 Å². The molecule has 2 aromatic rings. The van der Waals surface area contributed by atoms with E-state index in [0.717, 1.165) is 18.4 Å². The van der Waals surface area contributed by atoms with E-state index < -0.39 is 0 Å². The Morgan fingerprint density at radius 1 is 1.17 bits per heavy atom. The van der Waals surface area contributed by atoms with Crippen molar-refractivity contribution in [2.75, 3.05) is 38.8 Å². The zero-order valence-electron chi connectivity index (χ0n) is 16.9. The van der Waals surface area contributed by atoms with E-state index in [1.807, 2.05) is 23.1 Å². The highest BCUT2D eigenvalue weighted by Gasteiger charge is 2.34. The molecule has 1 atom stereocenters. The Morgan fingerprint density at radius 2 is 1.97 bits per heavy atom. The van der Waals surface area contributed by atoms with Crippen LogP contribution in [0.3, 0.4) is 0 Å². The molecule has 2 aliphatic rings. The molecule has 2 aromatic carbocycles. The third-order valence-corrected chi connectivity index (χ3v) is 5.76. The molecule has 0 aliphatic carbocycles. The maximum Gasteiger partial charge on any atom is 0.265 e. The van der Waals surface area contributed by atoms with Gasteiger partial charge in [-0.15, -0.1) is 0 Å². The Balaban J connectivity index is 1.56. The maximum atomic E-state index is 13.2. The normalized spacial score (nSPS) is 18.1. The van der Waals surface area contributed by atoms with Crippen molar-refractivity contribution in [1.29, 1.82) is 0 Å². The molecular formula is C22H23ClN2O5. The quantitative estimate of drug-likeness (QED) is 0.726. The smallest absolute Gasteiger partial charge is 0.265 e. The van der Waals surface area contributed by atoms with Gasteiger partial charge in [0, 0.05) is 11.6 Å². The van der Waals surface area contributed by atoms with Crippen LogP contribution < -0.4 is 19.1 Å². The number of methoxy groups -OCH3 is 2. The number of halogens is 1. The molecule has 0 radical (unpaired) electrons. The lowest BCUT2D eigenvalue weighted by Gasteiger charge is -2.32. The fraction of sp³-hybridized carbons (Fsp3) is 0.364. The minimum absolute atomic E-state index is 0.0562. The van der Waals surface area contributed by atoms with Crippen molar-refractivity contribution < 1.29 is 23.8 Å². The Bertz CT molecular complexity index is 980. The number of benzene rings is 2. The number of carbonyl (C=O) groups is 2. The van der Waals surface area contributed by atoms with E-state index in [4.69, 9.17) is 25.8 Å². The van der Waals surface area contributed by atoms with Gasteiger partial charge >= 0.3 is 0 Å². The summed E-state index contributed by atoms with van der Waals surface area (Å²) in [7, 11) is 3.18. The first kappa shape index (κ1) is 20.3. The highest BCUT2D eigenvalue weighted by molar-refractivity contribution is 6.31. The lowest BCUT2D eigenvalue weighted by Crippen LogP contribution is -2.46. The van der Waals surface area contributed by atoms with Crippen molar-refractivity contribution in [1.82, 2.24) is 4.90 Å². The van der Waals surface area contributed by atoms with Crippen LogP contribution in [0.5, 0.6) is 17.2 Å². The topological polar surface area (TPSA) is 68.3 Å². The monoisotopic (exact) mass is 430 g/mol. The maximum absolute atomic E-state index is 13.2. The molecule has 4 rings (SSSR count). The predicted octanol–water partition coefficient (Wildman–Crippen LogP) is 3.45. The van der Waals surface area contributed by atoms with Crippen LogP contribution >= 0.6 is 11.6 Å². The molecule has 158 valence electrons. The first-order valence-corrected chi connectivity index (χ1v) is 10.1. The Labute approximate surface area is 180 Å². The molecule has 0 spiro atoms. The number of nitrogens with zero attached hydrogens (tertiary/aromatic N) is 2. The fourth-order valence-electron chi connectivity index (χ4n) is 4.05. The molecule has 2 aliphatic heterocycles. The summed E-state index contributed by atoms with van der Waals surface area (Å²) in [5, 5.41) is 0.480. The second-order valence-electron chi connectivity index (χ2n) is 7.24. The van der Waals surface area contributed by atoms with Gasteiger partial charge in [0.05, 0.1) is 25.9 Å². The van der Waals surface area contributed by atoms with E-state index in [2.05, 4.69) is 0 Å². The van der Waals surface area contributed by atoms with E-state index in [1.54, 1.807) is 32.4 Å². The van der Waals surface area contributed by atoms with Gasteiger partial charge in [0.1, 0.15) is 12.3 Å². The predicted molar refractivity (Wildman–Crippen MR) is 113 cm³/mol. The molecule has 2 heterocycles. The number of rotatable bonds is 5. The van der Waals surface area contributed by atoms with Crippen LogP contribution in [0.4, 0.5) is 5.69 Å². The van der Waals surface area contributed by atoms with Crippen LogP contribution in [0.25, 0.3) is 0 Å². The average Bonchev–Trinajstić information content (AvgIpc) is 3.25. The standard InChI is InChI=1S/C22H23ClN2O5/c1-28-19-7-5-14(10-20(19)29-2)16-4-3-9-24(16)21(26)12-25-17-11-15(23)6-8-18(17)30-13-22(25)27/h5-8,10-11,16H,3-4,9,12-13H2,1-2H3/t16-/m1/s1. The number of amides is 2. The summed E-state index contributed by atoms with van der Waals surface area (Å²) in [6.45, 7) is 0.485. The number of likely N-dealkylation sites (tertiary alicyclic amines) is 1. The number of fused-ring (bicyclic) bond motifs is 1. The van der Waals surface area contributed by atoms with E-state index in [1.165, 1.54) is 4.90 Å². The highest BCUT2D eigenvalue weighted by Crippen LogP contribution is 2.38. The summed E-state index contributed by atoms with van der Waals surface area (Å²) < 4.78 is 16.2. The Kier molecular flexibility index (Phi) is 5.72.